The first-order valence-electron chi connectivity index (χ1n) is 7.59. The van der Waals surface area contributed by atoms with Crippen LogP contribution in [0.15, 0.2) is 47.6 Å². The molecule has 1 amide bonds. The summed E-state index contributed by atoms with van der Waals surface area (Å²) >= 11 is 6.03. The Bertz CT molecular complexity index is 778. The second-order valence-electron chi connectivity index (χ2n) is 5.13. The first kappa shape index (κ1) is 18.6. The molecule has 7 heteroatoms. The number of anilines is 1. The summed E-state index contributed by atoms with van der Waals surface area (Å²) < 4.78 is 10.5. The lowest BCUT2D eigenvalue weighted by atomic mass is 10.1. The number of hydrogen-bond donors (Lipinski definition) is 2. The predicted molar refractivity (Wildman–Crippen MR) is 99.8 cm³/mol. The van der Waals surface area contributed by atoms with Crippen LogP contribution in [-0.2, 0) is 4.79 Å². The Balaban J connectivity index is 1.98. The minimum absolute atomic E-state index is 0.0558. The molecule has 0 spiro atoms. The van der Waals surface area contributed by atoms with Gasteiger partial charge < -0.3 is 14.8 Å². The number of hydrazone groups is 1. The first-order valence-corrected chi connectivity index (χ1v) is 7.97. The molecule has 132 valence electrons. The van der Waals surface area contributed by atoms with E-state index in [1.54, 1.807) is 45.4 Å². The molecule has 2 rings (SSSR count). The number of amides is 1. The van der Waals surface area contributed by atoms with Gasteiger partial charge in [-0.05, 0) is 31.2 Å². The third-order valence-corrected chi connectivity index (χ3v) is 3.79. The van der Waals surface area contributed by atoms with Crippen LogP contribution >= 0.6 is 11.6 Å². The van der Waals surface area contributed by atoms with Crippen molar-refractivity contribution in [3.63, 3.8) is 0 Å². The number of benzene rings is 2. The molecule has 0 fully saturated rings. The molecular weight excluding hydrogens is 342 g/mol. The fourth-order valence-electron chi connectivity index (χ4n) is 2.12. The van der Waals surface area contributed by atoms with Gasteiger partial charge in [-0.15, -0.1) is 0 Å². The first-order chi connectivity index (χ1) is 12.0. The van der Waals surface area contributed by atoms with Crippen LogP contribution in [0.2, 0.25) is 5.02 Å². The lowest BCUT2D eigenvalue weighted by molar-refractivity contribution is -0.119. The molecule has 0 aliphatic carbocycles. The van der Waals surface area contributed by atoms with Gasteiger partial charge in [0.25, 0.3) is 5.91 Å². The summed E-state index contributed by atoms with van der Waals surface area (Å²) in [5, 5.41) is 7.63. The zero-order chi connectivity index (χ0) is 18.2. The van der Waals surface area contributed by atoms with Gasteiger partial charge in [0.2, 0.25) is 0 Å². The predicted octanol–water partition coefficient (Wildman–Crippen LogP) is 3.31. The zero-order valence-electron chi connectivity index (χ0n) is 14.3. The third kappa shape index (κ3) is 5.12. The quantitative estimate of drug-likeness (QED) is 0.586. The Kier molecular flexibility index (Phi) is 6.65. The van der Waals surface area contributed by atoms with Crippen LogP contribution in [0.5, 0.6) is 11.5 Å². The molecule has 0 radical (unpaired) electrons. The molecule has 0 unspecified atom stereocenters. The van der Waals surface area contributed by atoms with Gasteiger partial charge >= 0.3 is 0 Å². The van der Waals surface area contributed by atoms with E-state index in [0.717, 1.165) is 5.56 Å². The highest BCUT2D eigenvalue weighted by Gasteiger charge is 2.09. The van der Waals surface area contributed by atoms with Gasteiger partial charge in [0, 0.05) is 11.6 Å². The van der Waals surface area contributed by atoms with E-state index in [4.69, 9.17) is 21.1 Å². The van der Waals surface area contributed by atoms with Crippen molar-refractivity contribution in [2.24, 2.45) is 5.10 Å². The third-order valence-electron chi connectivity index (χ3n) is 3.46. The van der Waals surface area contributed by atoms with Crippen molar-refractivity contribution < 1.29 is 14.3 Å². The second-order valence-corrected chi connectivity index (χ2v) is 5.54. The van der Waals surface area contributed by atoms with Crippen molar-refractivity contribution in [3.05, 3.63) is 53.1 Å². The number of hydrogen-bond acceptors (Lipinski definition) is 5. The maximum absolute atomic E-state index is 11.9. The summed E-state index contributed by atoms with van der Waals surface area (Å²) in [6.45, 7) is 1.84. The van der Waals surface area contributed by atoms with Crippen LogP contribution in [0.4, 0.5) is 5.69 Å². The van der Waals surface area contributed by atoms with Crippen LogP contribution in [0.3, 0.4) is 0 Å². The number of carbonyl (C=O) groups excluding carboxylic acids is 1. The Morgan fingerprint density at radius 1 is 1.16 bits per heavy atom. The fourth-order valence-corrected chi connectivity index (χ4v) is 2.33. The lowest BCUT2D eigenvalue weighted by Gasteiger charge is -2.10. The normalized spacial score (nSPS) is 11.0. The molecule has 25 heavy (non-hydrogen) atoms. The molecule has 2 N–H and O–H groups in total. The SMILES string of the molecule is COc1ccc(C(C)=NNC(=O)CNc2ccccc2Cl)c(OC)c1. The van der Waals surface area contributed by atoms with Gasteiger partial charge in [-0.25, -0.2) is 5.43 Å². The Morgan fingerprint density at radius 3 is 2.60 bits per heavy atom. The van der Waals surface area contributed by atoms with Crippen molar-refractivity contribution in [2.75, 3.05) is 26.1 Å². The van der Waals surface area contributed by atoms with Crippen LogP contribution in [0.1, 0.15) is 12.5 Å². The number of nitrogens with one attached hydrogen (secondary N) is 2. The summed E-state index contributed by atoms with van der Waals surface area (Å²) in [4.78, 5) is 11.9. The van der Waals surface area contributed by atoms with Crippen molar-refractivity contribution in [1.29, 1.82) is 0 Å². The van der Waals surface area contributed by atoms with Crippen LogP contribution in [0.25, 0.3) is 0 Å². The number of halogens is 1. The summed E-state index contributed by atoms with van der Waals surface area (Å²) in [6.07, 6.45) is 0. The monoisotopic (exact) mass is 361 g/mol. The van der Waals surface area contributed by atoms with E-state index in [9.17, 15) is 4.79 Å². The summed E-state index contributed by atoms with van der Waals surface area (Å²) in [6, 6.07) is 12.6. The smallest absolute Gasteiger partial charge is 0.259 e. The Labute approximate surface area is 151 Å². The average molecular weight is 362 g/mol. The fraction of sp³-hybridized carbons (Fsp3) is 0.222. The maximum Gasteiger partial charge on any atom is 0.259 e. The standard InChI is InChI=1S/C18H20ClN3O3/c1-12(14-9-8-13(24-2)10-17(14)25-3)21-22-18(23)11-20-16-7-5-4-6-15(16)19/h4-10,20H,11H2,1-3H3,(H,22,23). The molecule has 0 aliphatic heterocycles. The Morgan fingerprint density at radius 2 is 1.92 bits per heavy atom. The molecule has 0 saturated heterocycles. The van der Waals surface area contributed by atoms with Crippen molar-refractivity contribution in [1.82, 2.24) is 5.43 Å². The topological polar surface area (TPSA) is 72.0 Å². The lowest BCUT2D eigenvalue weighted by Crippen LogP contribution is -2.26. The van der Waals surface area contributed by atoms with Gasteiger partial charge in [-0.1, -0.05) is 23.7 Å². The zero-order valence-corrected chi connectivity index (χ0v) is 15.1. The largest absolute Gasteiger partial charge is 0.497 e. The molecule has 0 aromatic heterocycles. The minimum Gasteiger partial charge on any atom is -0.497 e. The number of rotatable bonds is 7. The maximum atomic E-state index is 11.9. The molecule has 2 aromatic carbocycles. The van der Waals surface area contributed by atoms with Gasteiger partial charge in [0.1, 0.15) is 11.5 Å². The molecule has 0 saturated carbocycles. The van der Waals surface area contributed by atoms with Gasteiger partial charge in [0.15, 0.2) is 0 Å². The summed E-state index contributed by atoms with van der Waals surface area (Å²) in [5.41, 5.74) is 4.58. The highest BCUT2D eigenvalue weighted by molar-refractivity contribution is 6.33. The Hall–Kier alpha value is -2.73. The van der Waals surface area contributed by atoms with Gasteiger partial charge in [0.05, 0.1) is 37.2 Å². The minimum atomic E-state index is -0.285. The van der Waals surface area contributed by atoms with E-state index in [-0.39, 0.29) is 12.5 Å². The van der Waals surface area contributed by atoms with Crippen LogP contribution in [0, 0.1) is 0 Å². The van der Waals surface area contributed by atoms with E-state index < -0.39 is 0 Å². The van der Waals surface area contributed by atoms with Gasteiger partial charge in [-0.3, -0.25) is 4.79 Å². The van der Waals surface area contributed by atoms with E-state index in [0.29, 0.717) is 27.9 Å². The highest BCUT2D eigenvalue weighted by atomic mass is 35.5. The molecule has 0 heterocycles. The van der Waals surface area contributed by atoms with Gasteiger partial charge in [-0.2, -0.15) is 5.10 Å². The molecule has 0 bridgehead atoms. The van der Waals surface area contributed by atoms with E-state index in [1.165, 1.54) is 0 Å². The molecule has 2 aromatic rings. The van der Waals surface area contributed by atoms with Crippen molar-refractivity contribution >= 4 is 28.9 Å². The second kappa shape index (κ2) is 8.94. The summed E-state index contributed by atoms with van der Waals surface area (Å²) in [7, 11) is 3.15. The average Bonchev–Trinajstić information content (AvgIpc) is 2.64. The number of methoxy groups -OCH3 is 2. The van der Waals surface area contributed by atoms with Crippen LogP contribution < -0.4 is 20.2 Å². The number of ether oxygens (including phenoxy) is 2. The number of para-hydroxylation sites is 1. The number of nitrogens with zero attached hydrogens (tertiary/aromatic N) is 1. The van der Waals surface area contributed by atoms with Crippen molar-refractivity contribution in [3.8, 4) is 11.5 Å². The van der Waals surface area contributed by atoms with E-state index in [2.05, 4.69) is 15.8 Å². The van der Waals surface area contributed by atoms with Crippen LogP contribution in [-0.4, -0.2) is 32.4 Å². The molecule has 6 nitrogen and oxygen atoms in total. The highest BCUT2D eigenvalue weighted by Crippen LogP contribution is 2.25. The number of carbonyl (C=O) groups is 1. The molecular formula is C18H20ClN3O3. The molecule has 0 atom stereocenters. The molecule has 0 aliphatic rings. The summed E-state index contributed by atoms with van der Waals surface area (Å²) in [5.74, 6) is 1.01. The van der Waals surface area contributed by atoms with Crippen molar-refractivity contribution in [2.45, 2.75) is 6.92 Å². The van der Waals surface area contributed by atoms with E-state index in [1.807, 2.05) is 18.2 Å². The van der Waals surface area contributed by atoms with E-state index >= 15 is 0 Å².